The summed E-state index contributed by atoms with van der Waals surface area (Å²) in [7, 11) is 3.18. The van der Waals surface area contributed by atoms with Gasteiger partial charge in [-0.2, -0.15) is 13.2 Å². The number of carbonyl (C=O) groups is 1. The molecule has 9 heteroatoms. The number of hydrogen-bond acceptors (Lipinski definition) is 5. The molecule has 31 heavy (non-hydrogen) atoms. The van der Waals surface area contributed by atoms with E-state index in [1.807, 2.05) is 67.9 Å². The largest absolute Gasteiger partial charge is 0.464 e. The highest BCUT2D eigenvalue weighted by Crippen LogP contribution is 2.26. The molecule has 0 radical (unpaired) electrons. The van der Waals surface area contributed by atoms with Crippen LogP contribution in [0.3, 0.4) is 0 Å². The van der Waals surface area contributed by atoms with Crippen molar-refractivity contribution in [3.63, 3.8) is 0 Å². The van der Waals surface area contributed by atoms with Crippen LogP contribution in [0.1, 0.15) is 0 Å². The van der Waals surface area contributed by atoms with Crippen molar-refractivity contribution in [2.75, 3.05) is 26.0 Å². The van der Waals surface area contributed by atoms with Gasteiger partial charge in [0.05, 0.1) is 24.7 Å². The molecule has 0 bridgehead atoms. The molecule has 3 aromatic heterocycles. The van der Waals surface area contributed by atoms with E-state index < -0.39 is 12.7 Å². The Morgan fingerprint density at radius 2 is 1.84 bits per heavy atom. The molecule has 4 rings (SSSR count). The Labute approximate surface area is 177 Å². The van der Waals surface area contributed by atoms with Gasteiger partial charge in [0.25, 0.3) is 0 Å². The molecule has 0 atom stereocenters. The number of alkyl halides is 3. The van der Waals surface area contributed by atoms with Crippen molar-refractivity contribution < 1.29 is 22.4 Å². The highest BCUT2D eigenvalue weighted by Gasteiger charge is 2.24. The number of imidazole rings is 1. The van der Waals surface area contributed by atoms with Crippen molar-refractivity contribution in [3.05, 3.63) is 67.2 Å². The number of rotatable bonds is 4. The maximum absolute atomic E-state index is 11.0. The standard InChI is InChI=1S/C18H15N3O.C3H6F3N.CH2O/c1-19-15-5-2-4-13(10-15)16-12-20-18-11-14(7-8-21(16)18)17-6-3-9-22-17;1-7-2-3(4,5)6;1-2/h2-12,19H,1H3;7H,2H2,1H3;1H2. The summed E-state index contributed by atoms with van der Waals surface area (Å²) in [5, 5.41) is 5.15. The molecular weight excluding hydrogens is 409 g/mol. The van der Waals surface area contributed by atoms with Gasteiger partial charge in [-0.3, -0.25) is 4.40 Å². The smallest absolute Gasteiger partial charge is 0.401 e. The topological polar surface area (TPSA) is 71.6 Å². The van der Waals surface area contributed by atoms with E-state index in [1.54, 1.807) is 6.26 Å². The minimum Gasteiger partial charge on any atom is -0.464 e. The van der Waals surface area contributed by atoms with Crippen molar-refractivity contribution in [3.8, 4) is 22.6 Å². The van der Waals surface area contributed by atoms with Crippen LogP contribution in [0.4, 0.5) is 18.9 Å². The van der Waals surface area contributed by atoms with Crippen molar-refractivity contribution in [2.24, 2.45) is 0 Å². The molecule has 0 aliphatic carbocycles. The lowest BCUT2D eigenvalue weighted by Gasteiger charge is -2.05. The Bertz CT molecular complexity index is 1080. The minimum atomic E-state index is -4.06. The Kier molecular flexibility index (Phi) is 8.39. The number of hydrogen-bond donors (Lipinski definition) is 2. The van der Waals surface area contributed by atoms with Gasteiger partial charge in [0, 0.05) is 30.1 Å². The summed E-state index contributed by atoms with van der Waals surface area (Å²) in [6.07, 6.45) is 1.55. The molecule has 0 aliphatic rings. The first-order valence-electron chi connectivity index (χ1n) is 9.20. The van der Waals surface area contributed by atoms with Crippen LogP contribution in [0.5, 0.6) is 0 Å². The Balaban J connectivity index is 0.000000327. The van der Waals surface area contributed by atoms with E-state index in [1.165, 1.54) is 7.05 Å². The second-order valence-electron chi connectivity index (χ2n) is 6.24. The van der Waals surface area contributed by atoms with Gasteiger partial charge < -0.3 is 19.8 Å². The van der Waals surface area contributed by atoms with Crippen molar-refractivity contribution in [1.29, 1.82) is 0 Å². The average Bonchev–Trinajstić information content (AvgIpc) is 3.44. The molecule has 0 aliphatic heterocycles. The van der Waals surface area contributed by atoms with E-state index in [9.17, 15) is 13.2 Å². The Hall–Kier alpha value is -3.59. The van der Waals surface area contributed by atoms with Gasteiger partial charge in [0.2, 0.25) is 0 Å². The third-order valence-electron chi connectivity index (χ3n) is 4.14. The molecule has 6 nitrogen and oxygen atoms in total. The van der Waals surface area contributed by atoms with E-state index in [0.717, 1.165) is 33.9 Å². The van der Waals surface area contributed by atoms with Gasteiger partial charge >= 0.3 is 6.18 Å². The van der Waals surface area contributed by atoms with Crippen LogP contribution < -0.4 is 10.6 Å². The van der Waals surface area contributed by atoms with E-state index in [4.69, 9.17) is 9.21 Å². The lowest BCUT2D eigenvalue weighted by molar-refractivity contribution is -0.123. The molecule has 164 valence electrons. The van der Waals surface area contributed by atoms with E-state index in [0.29, 0.717) is 0 Å². The monoisotopic (exact) mass is 432 g/mol. The fourth-order valence-corrected chi connectivity index (χ4v) is 2.82. The van der Waals surface area contributed by atoms with Crippen LogP contribution >= 0.6 is 0 Å². The number of halogens is 3. The number of furan rings is 1. The van der Waals surface area contributed by atoms with Crippen LogP contribution in [0, 0.1) is 0 Å². The lowest BCUT2D eigenvalue weighted by atomic mass is 10.1. The van der Waals surface area contributed by atoms with Crippen molar-refractivity contribution in [1.82, 2.24) is 14.7 Å². The zero-order chi connectivity index (χ0) is 22.9. The van der Waals surface area contributed by atoms with Gasteiger partial charge in [0.1, 0.15) is 18.2 Å². The third kappa shape index (κ3) is 6.45. The van der Waals surface area contributed by atoms with E-state index in [2.05, 4.69) is 26.8 Å². The number of nitrogens with one attached hydrogen (secondary N) is 2. The Morgan fingerprint density at radius 3 is 2.42 bits per heavy atom. The average molecular weight is 432 g/mol. The fraction of sp³-hybridized carbons (Fsp3) is 0.182. The molecule has 4 aromatic rings. The number of anilines is 1. The van der Waals surface area contributed by atoms with Crippen LogP contribution in [0.2, 0.25) is 0 Å². The van der Waals surface area contributed by atoms with Gasteiger partial charge in [0.15, 0.2) is 0 Å². The molecule has 0 amide bonds. The zero-order valence-electron chi connectivity index (χ0n) is 17.1. The third-order valence-corrected chi connectivity index (χ3v) is 4.14. The second kappa shape index (κ2) is 11.0. The van der Waals surface area contributed by atoms with Crippen LogP contribution in [0.25, 0.3) is 28.2 Å². The first-order valence-corrected chi connectivity index (χ1v) is 9.20. The highest BCUT2D eigenvalue weighted by molar-refractivity contribution is 5.70. The van der Waals surface area contributed by atoms with E-state index >= 15 is 0 Å². The molecule has 0 fully saturated rings. The lowest BCUT2D eigenvalue weighted by Crippen LogP contribution is -2.25. The molecule has 0 unspecified atom stereocenters. The number of benzene rings is 1. The molecular formula is C22H23F3N4O2. The highest BCUT2D eigenvalue weighted by atomic mass is 19.4. The molecule has 0 spiro atoms. The van der Waals surface area contributed by atoms with E-state index in [-0.39, 0.29) is 0 Å². The van der Waals surface area contributed by atoms with Crippen LogP contribution in [-0.2, 0) is 4.79 Å². The SMILES string of the molecule is C=O.CNCC(F)(F)F.CNc1cccc(-c2cnc3cc(-c4ccco4)ccn23)c1. The van der Waals surface area contributed by atoms with Gasteiger partial charge in [-0.05, 0) is 43.4 Å². The molecule has 2 N–H and O–H groups in total. The molecule has 1 aromatic carbocycles. The van der Waals surface area contributed by atoms with Crippen LogP contribution in [-0.4, -0.2) is 43.0 Å². The van der Waals surface area contributed by atoms with Gasteiger partial charge in [-0.25, -0.2) is 4.98 Å². The summed E-state index contributed by atoms with van der Waals surface area (Å²) in [5.41, 5.74) is 5.21. The predicted molar refractivity (Wildman–Crippen MR) is 115 cm³/mol. The summed E-state index contributed by atoms with van der Waals surface area (Å²) >= 11 is 0. The van der Waals surface area contributed by atoms with Gasteiger partial charge in [-0.1, -0.05) is 12.1 Å². The zero-order valence-corrected chi connectivity index (χ0v) is 17.1. The molecule has 0 saturated carbocycles. The summed E-state index contributed by atoms with van der Waals surface area (Å²) in [6.45, 7) is 1.09. The van der Waals surface area contributed by atoms with Crippen LogP contribution in [0.15, 0.2) is 71.6 Å². The quantitative estimate of drug-likeness (QED) is 0.481. The number of aromatic nitrogens is 2. The predicted octanol–water partition coefficient (Wildman–Crippen LogP) is 4.89. The summed E-state index contributed by atoms with van der Waals surface area (Å²) in [4.78, 5) is 12.5. The van der Waals surface area contributed by atoms with Crippen molar-refractivity contribution >= 4 is 18.1 Å². The number of nitrogens with zero attached hydrogens (tertiary/aromatic N) is 2. The van der Waals surface area contributed by atoms with Crippen molar-refractivity contribution in [2.45, 2.75) is 6.18 Å². The Morgan fingerprint density at radius 1 is 1.06 bits per heavy atom. The first kappa shape index (κ1) is 23.7. The summed E-state index contributed by atoms with van der Waals surface area (Å²) in [6, 6.07) is 16.2. The summed E-state index contributed by atoms with van der Waals surface area (Å²) < 4.78 is 40.5. The normalized spacial score (nSPS) is 10.6. The molecule has 3 heterocycles. The maximum atomic E-state index is 11.0. The fourth-order valence-electron chi connectivity index (χ4n) is 2.82. The second-order valence-corrected chi connectivity index (χ2v) is 6.24. The van der Waals surface area contributed by atoms with Gasteiger partial charge in [-0.15, -0.1) is 0 Å². The number of carbonyl (C=O) groups excluding carboxylic acids is 1. The number of pyridine rings is 1. The minimum absolute atomic E-state index is 0.851. The maximum Gasteiger partial charge on any atom is 0.401 e. The summed E-state index contributed by atoms with van der Waals surface area (Å²) in [5.74, 6) is 0.851. The molecule has 0 saturated heterocycles. The first-order chi connectivity index (χ1) is 14.9. The number of fused-ring (bicyclic) bond motifs is 1.